The summed E-state index contributed by atoms with van der Waals surface area (Å²) in [6.07, 6.45) is 2.56. The van der Waals surface area contributed by atoms with E-state index in [0.717, 1.165) is 11.3 Å². The van der Waals surface area contributed by atoms with E-state index in [1.807, 2.05) is 0 Å². The first-order valence-electron chi connectivity index (χ1n) is 2.82. The molecule has 2 N–H and O–H groups in total. The van der Waals surface area contributed by atoms with E-state index in [9.17, 15) is 0 Å². The van der Waals surface area contributed by atoms with Crippen molar-refractivity contribution in [2.45, 2.75) is 18.2 Å². The third-order valence-electron chi connectivity index (χ3n) is 1.07. The summed E-state index contributed by atoms with van der Waals surface area (Å²) in [6.45, 7) is 0.966. The number of rotatable bonds is 0. The van der Waals surface area contributed by atoms with Crippen LogP contribution in [0.2, 0.25) is 5.32 Å². The molecule has 0 bridgehead atoms. The van der Waals surface area contributed by atoms with Gasteiger partial charge in [0.05, 0.1) is 0 Å². The Balaban J connectivity index is 2.36. The van der Waals surface area contributed by atoms with Crippen molar-refractivity contribution >= 4 is 19.7 Å². The first-order chi connectivity index (χ1) is 3.89. The predicted octanol–water partition coefficient (Wildman–Crippen LogP) is 0.217. The number of hydrogen-bond donors (Lipinski definition) is 1. The summed E-state index contributed by atoms with van der Waals surface area (Å²) in [5, 5.41) is 1.29. The summed E-state index contributed by atoms with van der Waals surface area (Å²) in [5.41, 5.74) is 5.51. The number of amidine groups is 1. The van der Waals surface area contributed by atoms with Crippen LogP contribution in [0.5, 0.6) is 0 Å². The molecule has 1 aliphatic heterocycles. The standard InChI is InChI=1S/C5H10N2Se/c6-5-7-3-1-2-4-8-5/h1-4H2,(H2,6,7). The summed E-state index contributed by atoms with van der Waals surface area (Å²) < 4.78 is 0.912. The van der Waals surface area contributed by atoms with Crippen LogP contribution in [-0.2, 0) is 0 Å². The fourth-order valence-electron chi connectivity index (χ4n) is 0.625. The summed E-state index contributed by atoms with van der Waals surface area (Å²) in [4.78, 5) is 4.15. The van der Waals surface area contributed by atoms with E-state index in [1.54, 1.807) is 0 Å². The van der Waals surface area contributed by atoms with E-state index in [1.165, 1.54) is 18.2 Å². The van der Waals surface area contributed by atoms with Crippen LogP contribution in [0.25, 0.3) is 0 Å². The molecule has 0 saturated carbocycles. The van der Waals surface area contributed by atoms with Gasteiger partial charge < -0.3 is 0 Å². The molecule has 1 aliphatic rings. The van der Waals surface area contributed by atoms with Gasteiger partial charge in [-0.1, -0.05) is 0 Å². The van der Waals surface area contributed by atoms with Gasteiger partial charge in [0.25, 0.3) is 0 Å². The molecule has 0 aromatic rings. The van der Waals surface area contributed by atoms with Gasteiger partial charge in [0.2, 0.25) is 0 Å². The molecule has 0 amide bonds. The normalized spacial score (nSPS) is 21.8. The topological polar surface area (TPSA) is 38.4 Å². The molecule has 2 nitrogen and oxygen atoms in total. The average molecular weight is 177 g/mol. The SMILES string of the molecule is NC1=NCCCC[Se]1. The van der Waals surface area contributed by atoms with Gasteiger partial charge in [-0.3, -0.25) is 0 Å². The van der Waals surface area contributed by atoms with E-state index in [2.05, 4.69) is 4.99 Å². The van der Waals surface area contributed by atoms with Crippen molar-refractivity contribution in [2.75, 3.05) is 6.54 Å². The van der Waals surface area contributed by atoms with Crippen LogP contribution < -0.4 is 5.73 Å². The van der Waals surface area contributed by atoms with Crippen molar-refractivity contribution in [1.82, 2.24) is 0 Å². The Hall–Kier alpha value is -0.0105. The van der Waals surface area contributed by atoms with Gasteiger partial charge in [0.15, 0.2) is 0 Å². The van der Waals surface area contributed by atoms with Crippen molar-refractivity contribution in [2.24, 2.45) is 10.7 Å². The van der Waals surface area contributed by atoms with Gasteiger partial charge >= 0.3 is 55.1 Å². The molecule has 46 valence electrons. The first kappa shape index (κ1) is 6.11. The second-order valence-electron chi connectivity index (χ2n) is 1.78. The summed E-state index contributed by atoms with van der Waals surface area (Å²) in [6, 6.07) is 0. The molecule has 0 radical (unpaired) electrons. The quantitative estimate of drug-likeness (QED) is 0.528. The molecule has 0 aliphatic carbocycles. The maximum absolute atomic E-state index is 5.51. The van der Waals surface area contributed by atoms with Crippen molar-refractivity contribution < 1.29 is 0 Å². The molecule has 0 atom stereocenters. The van der Waals surface area contributed by atoms with E-state index in [4.69, 9.17) is 5.73 Å². The monoisotopic (exact) mass is 178 g/mol. The van der Waals surface area contributed by atoms with Gasteiger partial charge in [0.1, 0.15) is 0 Å². The fourth-order valence-corrected chi connectivity index (χ4v) is 2.18. The molecule has 8 heavy (non-hydrogen) atoms. The minimum atomic E-state index is 0.524. The molecule has 0 unspecified atom stereocenters. The molecule has 0 saturated heterocycles. The van der Waals surface area contributed by atoms with Crippen LogP contribution >= 0.6 is 0 Å². The van der Waals surface area contributed by atoms with E-state index >= 15 is 0 Å². The van der Waals surface area contributed by atoms with Crippen LogP contribution in [-0.4, -0.2) is 26.2 Å². The Morgan fingerprint density at radius 3 is 3.25 bits per heavy atom. The molecule has 0 fully saturated rings. The Morgan fingerprint density at radius 2 is 2.38 bits per heavy atom. The van der Waals surface area contributed by atoms with E-state index in [0.29, 0.717) is 15.0 Å². The third-order valence-corrected chi connectivity index (χ3v) is 3.00. The number of hydrogen-bond acceptors (Lipinski definition) is 2. The Morgan fingerprint density at radius 1 is 1.50 bits per heavy atom. The van der Waals surface area contributed by atoms with Gasteiger partial charge in [-0.05, 0) is 0 Å². The van der Waals surface area contributed by atoms with E-state index in [-0.39, 0.29) is 0 Å². The molecule has 1 heterocycles. The number of aliphatic imine (C=N–C) groups is 1. The van der Waals surface area contributed by atoms with Crippen molar-refractivity contribution in [1.29, 1.82) is 0 Å². The molecular weight excluding hydrogens is 167 g/mol. The molecule has 0 aromatic heterocycles. The van der Waals surface area contributed by atoms with E-state index < -0.39 is 0 Å². The van der Waals surface area contributed by atoms with Crippen LogP contribution in [0.3, 0.4) is 0 Å². The van der Waals surface area contributed by atoms with Crippen molar-refractivity contribution in [3.8, 4) is 0 Å². The second-order valence-corrected chi connectivity index (χ2v) is 4.12. The van der Waals surface area contributed by atoms with Crippen LogP contribution in [0.15, 0.2) is 4.99 Å². The predicted molar refractivity (Wildman–Crippen MR) is 36.3 cm³/mol. The zero-order valence-electron chi connectivity index (χ0n) is 4.76. The summed E-state index contributed by atoms with van der Waals surface area (Å²) >= 11 is 0.524. The first-order valence-corrected chi connectivity index (χ1v) is 4.89. The Labute approximate surface area is 55.7 Å². The van der Waals surface area contributed by atoms with Gasteiger partial charge in [-0.15, -0.1) is 0 Å². The van der Waals surface area contributed by atoms with Gasteiger partial charge in [-0.2, -0.15) is 0 Å². The Kier molecular flexibility index (Phi) is 2.37. The van der Waals surface area contributed by atoms with Crippen LogP contribution in [0.1, 0.15) is 12.8 Å². The zero-order valence-corrected chi connectivity index (χ0v) is 6.47. The minimum absolute atomic E-state index is 0.524. The third kappa shape index (κ3) is 1.85. The number of nitrogens with zero attached hydrogens (tertiary/aromatic N) is 1. The molecular formula is C5H10N2Se. The molecule has 0 aromatic carbocycles. The van der Waals surface area contributed by atoms with Crippen molar-refractivity contribution in [3.05, 3.63) is 0 Å². The summed E-state index contributed by atoms with van der Waals surface area (Å²) in [7, 11) is 0. The molecule has 1 rings (SSSR count). The van der Waals surface area contributed by atoms with Crippen molar-refractivity contribution in [3.63, 3.8) is 0 Å². The molecule has 3 heteroatoms. The Bertz CT molecular complexity index is 101. The van der Waals surface area contributed by atoms with Gasteiger partial charge in [-0.25, -0.2) is 0 Å². The second kappa shape index (κ2) is 3.10. The van der Waals surface area contributed by atoms with Crippen LogP contribution in [0.4, 0.5) is 0 Å². The number of nitrogens with two attached hydrogens (primary N) is 1. The zero-order chi connectivity index (χ0) is 5.82. The fraction of sp³-hybridized carbons (Fsp3) is 0.800. The molecule has 0 spiro atoms. The summed E-state index contributed by atoms with van der Waals surface area (Å²) in [5.74, 6) is 0. The average Bonchev–Trinajstić information content (AvgIpc) is 1.94. The maximum atomic E-state index is 5.51. The van der Waals surface area contributed by atoms with Gasteiger partial charge in [0, 0.05) is 0 Å². The van der Waals surface area contributed by atoms with Crippen LogP contribution in [0, 0.1) is 0 Å².